The summed E-state index contributed by atoms with van der Waals surface area (Å²) in [6.07, 6.45) is 2.52. The zero-order valence-corrected chi connectivity index (χ0v) is 18.2. The van der Waals surface area contributed by atoms with Crippen LogP contribution in [0.15, 0.2) is 65.7 Å². The molecule has 3 N–H and O–H groups in total. The molecule has 0 aliphatic carbocycles. The van der Waals surface area contributed by atoms with Crippen molar-refractivity contribution in [2.45, 2.75) is 44.4 Å². The minimum atomic E-state index is -0.973. The van der Waals surface area contributed by atoms with Gasteiger partial charge in [-0.2, -0.15) is 0 Å². The maximum atomic E-state index is 12.4. The lowest BCUT2D eigenvalue weighted by atomic mass is 9.82. The Kier molecular flexibility index (Phi) is 6.28. The van der Waals surface area contributed by atoms with Crippen molar-refractivity contribution in [1.29, 1.82) is 0 Å². The van der Waals surface area contributed by atoms with Crippen LogP contribution >= 0.6 is 0 Å². The number of hydrogen-bond acceptors (Lipinski definition) is 5. The summed E-state index contributed by atoms with van der Waals surface area (Å²) in [5.74, 6) is 0.816. The fraction of sp³-hybridized carbons (Fsp3) is 0.440. The molecule has 0 radical (unpaired) electrons. The van der Waals surface area contributed by atoms with Gasteiger partial charge in [-0.3, -0.25) is 4.79 Å². The quantitative estimate of drug-likeness (QED) is 0.753. The lowest BCUT2D eigenvalue weighted by molar-refractivity contribution is -0.133. The fourth-order valence-corrected chi connectivity index (χ4v) is 4.92. The van der Waals surface area contributed by atoms with E-state index in [9.17, 15) is 9.90 Å². The Morgan fingerprint density at radius 2 is 1.74 bits per heavy atom. The number of likely N-dealkylation sites (tertiary alicyclic amines) is 1. The molecule has 6 heteroatoms. The van der Waals surface area contributed by atoms with Gasteiger partial charge in [0.15, 0.2) is 17.7 Å². The normalized spacial score (nSPS) is 23.0. The molecule has 0 aromatic heterocycles. The number of carbonyl (C=O) groups is 1. The van der Waals surface area contributed by atoms with Crippen LogP contribution in [-0.4, -0.2) is 52.6 Å². The third-order valence-corrected chi connectivity index (χ3v) is 6.47. The topological polar surface area (TPSA) is 82.2 Å². The van der Waals surface area contributed by atoms with E-state index in [1.165, 1.54) is 0 Å². The molecular formula is C25H32N4O2. The van der Waals surface area contributed by atoms with E-state index < -0.39 is 11.8 Å². The molecule has 6 nitrogen and oxygen atoms in total. The zero-order chi connectivity index (χ0) is 21.8. The highest BCUT2D eigenvalue weighted by Crippen LogP contribution is 2.42. The van der Waals surface area contributed by atoms with Gasteiger partial charge in [-0.15, -0.1) is 0 Å². The van der Waals surface area contributed by atoms with Crippen LogP contribution in [0.3, 0.4) is 0 Å². The SMILES string of the molecule is CCCC(=O)N1CCC[C@H](CN2C(N)=NC(c3ccccc3)(c3ccccc3)C2O)C1. The molecular weight excluding hydrogens is 388 g/mol. The Balaban J connectivity index is 1.60. The van der Waals surface area contributed by atoms with Gasteiger partial charge in [-0.1, -0.05) is 67.6 Å². The summed E-state index contributed by atoms with van der Waals surface area (Å²) < 4.78 is 0. The zero-order valence-electron chi connectivity index (χ0n) is 18.2. The first-order valence-electron chi connectivity index (χ1n) is 11.2. The molecule has 0 bridgehead atoms. The van der Waals surface area contributed by atoms with Crippen LogP contribution in [0.4, 0.5) is 0 Å². The van der Waals surface area contributed by atoms with Crippen LogP contribution in [-0.2, 0) is 10.3 Å². The maximum absolute atomic E-state index is 12.4. The number of guanidine groups is 1. The van der Waals surface area contributed by atoms with E-state index in [1.54, 1.807) is 0 Å². The highest BCUT2D eigenvalue weighted by Gasteiger charge is 2.50. The van der Waals surface area contributed by atoms with E-state index in [0.717, 1.165) is 36.9 Å². The first-order valence-corrected chi connectivity index (χ1v) is 11.2. The Labute approximate surface area is 184 Å². The Hall–Kier alpha value is -2.86. The van der Waals surface area contributed by atoms with Gasteiger partial charge < -0.3 is 20.6 Å². The average Bonchev–Trinajstić information content (AvgIpc) is 3.06. The van der Waals surface area contributed by atoms with Crippen LogP contribution in [0.1, 0.15) is 43.7 Å². The monoisotopic (exact) mass is 420 g/mol. The van der Waals surface area contributed by atoms with Crippen molar-refractivity contribution in [2.24, 2.45) is 16.6 Å². The van der Waals surface area contributed by atoms with Crippen molar-refractivity contribution >= 4 is 11.9 Å². The molecule has 0 spiro atoms. The minimum Gasteiger partial charge on any atom is -0.370 e. The lowest BCUT2D eigenvalue weighted by Crippen LogP contribution is -2.51. The van der Waals surface area contributed by atoms with Crippen molar-refractivity contribution in [1.82, 2.24) is 9.80 Å². The van der Waals surface area contributed by atoms with Gasteiger partial charge in [0, 0.05) is 26.1 Å². The van der Waals surface area contributed by atoms with Crippen molar-refractivity contribution in [3.05, 3.63) is 71.8 Å². The standard InChI is InChI=1S/C25H32N4O2/c1-2-10-22(30)28-16-9-11-19(17-28)18-29-23(31)25(27-24(29)26,20-12-5-3-6-13-20)21-14-7-4-8-15-21/h3-8,12-15,19,23,31H,2,9-11,16-18H2,1H3,(H2,26,27)/t19-,23?/m0/s1. The molecule has 1 unspecified atom stereocenters. The number of aliphatic imine (C=N–C) groups is 1. The predicted octanol–water partition coefficient (Wildman–Crippen LogP) is 2.92. The molecule has 2 aliphatic heterocycles. The van der Waals surface area contributed by atoms with Crippen LogP contribution in [0.2, 0.25) is 0 Å². The first-order chi connectivity index (χ1) is 15.1. The molecule has 1 saturated heterocycles. The summed E-state index contributed by atoms with van der Waals surface area (Å²) in [4.78, 5) is 21.0. The second kappa shape index (κ2) is 9.10. The highest BCUT2D eigenvalue weighted by molar-refractivity contribution is 5.82. The van der Waals surface area contributed by atoms with E-state index in [-0.39, 0.29) is 11.8 Å². The van der Waals surface area contributed by atoms with Gasteiger partial charge in [-0.05, 0) is 36.3 Å². The number of rotatable bonds is 6. The number of nitrogens with zero attached hydrogens (tertiary/aromatic N) is 3. The number of piperidine rings is 1. The lowest BCUT2D eigenvalue weighted by Gasteiger charge is -2.38. The molecule has 2 aromatic rings. The highest BCUT2D eigenvalue weighted by atomic mass is 16.3. The molecule has 2 atom stereocenters. The summed E-state index contributed by atoms with van der Waals surface area (Å²) in [5, 5.41) is 11.6. The molecule has 31 heavy (non-hydrogen) atoms. The Morgan fingerprint density at radius 1 is 1.13 bits per heavy atom. The number of carbonyl (C=O) groups excluding carboxylic acids is 1. The molecule has 2 heterocycles. The molecule has 0 saturated carbocycles. The molecule has 1 amide bonds. The van der Waals surface area contributed by atoms with Crippen LogP contribution in [0, 0.1) is 5.92 Å². The van der Waals surface area contributed by atoms with E-state index in [0.29, 0.717) is 25.5 Å². The summed E-state index contributed by atoms with van der Waals surface area (Å²) in [5.41, 5.74) is 7.25. The number of hydrogen-bond donors (Lipinski definition) is 2. The van der Waals surface area contributed by atoms with Gasteiger partial charge in [0.05, 0.1) is 0 Å². The van der Waals surface area contributed by atoms with Gasteiger partial charge in [0.2, 0.25) is 5.91 Å². The summed E-state index contributed by atoms with van der Waals surface area (Å²) >= 11 is 0. The fourth-order valence-electron chi connectivity index (χ4n) is 4.92. The third-order valence-electron chi connectivity index (χ3n) is 6.47. The van der Waals surface area contributed by atoms with E-state index in [1.807, 2.05) is 77.4 Å². The number of aliphatic hydroxyl groups is 1. The van der Waals surface area contributed by atoms with Gasteiger partial charge in [-0.25, -0.2) is 4.99 Å². The number of nitrogens with two attached hydrogens (primary N) is 1. The van der Waals surface area contributed by atoms with Gasteiger partial charge >= 0.3 is 0 Å². The van der Waals surface area contributed by atoms with Crippen molar-refractivity contribution in [2.75, 3.05) is 19.6 Å². The second-order valence-electron chi connectivity index (χ2n) is 8.59. The average molecular weight is 421 g/mol. The van der Waals surface area contributed by atoms with Gasteiger partial charge in [0.25, 0.3) is 0 Å². The van der Waals surface area contributed by atoms with E-state index in [2.05, 4.69) is 0 Å². The molecule has 2 aliphatic rings. The largest absolute Gasteiger partial charge is 0.370 e. The van der Waals surface area contributed by atoms with Gasteiger partial charge in [0.1, 0.15) is 0 Å². The van der Waals surface area contributed by atoms with Crippen LogP contribution < -0.4 is 5.73 Å². The van der Waals surface area contributed by atoms with Crippen LogP contribution in [0.25, 0.3) is 0 Å². The predicted molar refractivity (Wildman–Crippen MR) is 122 cm³/mol. The molecule has 4 rings (SSSR count). The molecule has 2 aromatic carbocycles. The summed E-state index contributed by atoms with van der Waals surface area (Å²) in [6, 6.07) is 19.7. The molecule has 164 valence electrons. The summed E-state index contributed by atoms with van der Waals surface area (Å²) in [7, 11) is 0. The first kappa shape index (κ1) is 21.4. The minimum absolute atomic E-state index is 0.221. The smallest absolute Gasteiger partial charge is 0.222 e. The number of amides is 1. The van der Waals surface area contributed by atoms with Crippen LogP contribution in [0.5, 0.6) is 0 Å². The van der Waals surface area contributed by atoms with Crippen molar-refractivity contribution < 1.29 is 9.90 Å². The maximum Gasteiger partial charge on any atom is 0.222 e. The Bertz CT molecular complexity index is 876. The number of benzene rings is 2. The Morgan fingerprint density at radius 3 is 2.32 bits per heavy atom. The second-order valence-corrected chi connectivity index (χ2v) is 8.59. The molecule has 1 fully saturated rings. The summed E-state index contributed by atoms with van der Waals surface area (Å²) in [6.45, 7) is 4.14. The van der Waals surface area contributed by atoms with E-state index in [4.69, 9.17) is 10.7 Å². The third kappa shape index (κ3) is 4.04. The number of aliphatic hydroxyl groups excluding tert-OH is 1. The van der Waals surface area contributed by atoms with Crippen molar-refractivity contribution in [3.63, 3.8) is 0 Å². The van der Waals surface area contributed by atoms with Crippen molar-refractivity contribution in [3.8, 4) is 0 Å². The van der Waals surface area contributed by atoms with E-state index >= 15 is 0 Å².